The molecule has 0 fully saturated rings. The summed E-state index contributed by atoms with van der Waals surface area (Å²) in [5.74, 6) is 0. The molecular formula is C11H10N4OS3. The average molecular weight is 310 g/mol. The van der Waals surface area contributed by atoms with Gasteiger partial charge < -0.3 is 4.57 Å². The van der Waals surface area contributed by atoms with Crippen LogP contribution in [0.5, 0.6) is 0 Å². The van der Waals surface area contributed by atoms with Crippen LogP contribution in [-0.4, -0.2) is 30.2 Å². The van der Waals surface area contributed by atoms with Crippen LogP contribution in [0.4, 0.5) is 0 Å². The number of nitrogens with zero attached hydrogens (tertiary/aromatic N) is 4. The molecule has 3 rings (SSSR count). The Bertz CT molecular complexity index is 701. The summed E-state index contributed by atoms with van der Waals surface area (Å²) in [5, 5.41) is 15.3. The lowest BCUT2D eigenvalue weighted by atomic mass is 10.3. The van der Waals surface area contributed by atoms with Crippen molar-refractivity contribution in [1.29, 1.82) is 0 Å². The number of aromatic nitrogens is 4. The molecule has 0 N–H and O–H groups in total. The van der Waals surface area contributed by atoms with E-state index in [1.165, 1.54) is 0 Å². The Morgan fingerprint density at radius 1 is 1.42 bits per heavy atom. The number of hydrogen-bond donors (Lipinski definition) is 0. The zero-order valence-electron chi connectivity index (χ0n) is 10.0. The summed E-state index contributed by atoms with van der Waals surface area (Å²) in [6.45, 7) is 0.544. The van der Waals surface area contributed by atoms with Gasteiger partial charge in [0.05, 0.1) is 23.0 Å². The van der Waals surface area contributed by atoms with E-state index in [-0.39, 0.29) is 0 Å². The van der Waals surface area contributed by atoms with Gasteiger partial charge in [-0.3, -0.25) is 4.21 Å². The Kier molecular flexibility index (Phi) is 3.54. The predicted octanol–water partition coefficient (Wildman–Crippen LogP) is 2.25. The number of thiophene rings is 1. The predicted molar refractivity (Wildman–Crippen MR) is 76.9 cm³/mol. The molecule has 0 saturated carbocycles. The first-order chi connectivity index (χ1) is 9.24. The van der Waals surface area contributed by atoms with Crippen LogP contribution in [0.3, 0.4) is 0 Å². The normalized spacial score (nSPS) is 12.7. The van der Waals surface area contributed by atoms with Crippen molar-refractivity contribution >= 4 is 33.5 Å². The zero-order chi connectivity index (χ0) is 13.2. The Morgan fingerprint density at radius 2 is 2.32 bits per heavy atom. The van der Waals surface area contributed by atoms with Gasteiger partial charge in [-0.25, -0.2) is 4.98 Å². The Hall–Kier alpha value is -1.38. The third kappa shape index (κ3) is 2.65. The van der Waals surface area contributed by atoms with E-state index in [0.29, 0.717) is 11.7 Å². The molecule has 0 bridgehead atoms. The molecule has 19 heavy (non-hydrogen) atoms. The lowest BCUT2D eigenvalue weighted by Gasteiger charge is -2.01. The molecule has 8 heteroatoms. The first-order valence-corrected chi connectivity index (χ1v) is 8.80. The van der Waals surface area contributed by atoms with Gasteiger partial charge in [0.1, 0.15) is 11.3 Å². The first-order valence-electron chi connectivity index (χ1n) is 5.42. The summed E-state index contributed by atoms with van der Waals surface area (Å²) in [6, 6.07) is 2.05. The van der Waals surface area contributed by atoms with E-state index in [1.54, 1.807) is 39.8 Å². The maximum Gasteiger partial charge on any atom is 0.221 e. The minimum atomic E-state index is -1.14. The largest absolute Gasteiger partial charge is 0.300 e. The van der Waals surface area contributed by atoms with Crippen molar-refractivity contribution in [1.82, 2.24) is 19.7 Å². The summed E-state index contributed by atoms with van der Waals surface area (Å²) in [5.41, 5.74) is 2.07. The second-order valence-corrected chi connectivity index (χ2v) is 6.76. The van der Waals surface area contributed by atoms with Gasteiger partial charge in [0.15, 0.2) is 0 Å². The lowest BCUT2D eigenvalue weighted by molar-refractivity contribution is 0.650. The second-order valence-electron chi connectivity index (χ2n) is 3.85. The van der Waals surface area contributed by atoms with Crippen molar-refractivity contribution in [2.75, 3.05) is 6.26 Å². The molecule has 3 aromatic rings. The smallest absolute Gasteiger partial charge is 0.221 e. The highest BCUT2D eigenvalue weighted by molar-refractivity contribution is 7.84. The minimum absolute atomic E-state index is 0.477. The maximum atomic E-state index is 11.5. The van der Waals surface area contributed by atoms with Crippen LogP contribution < -0.4 is 0 Å². The molecule has 0 spiro atoms. The summed E-state index contributed by atoms with van der Waals surface area (Å²) >= 11 is 3.27. The summed E-state index contributed by atoms with van der Waals surface area (Å²) < 4.78 is 13.2. The quantitative estimate of drug-likeness (QED) is 0.741. The van der Waals surface area contributed by atoms with Gasteiger partial charge in [-0.05, 0) is 11.4 Å². The summed E-state index contributed by atoms with van der Waals surface area (Å²) in [7, 11) is -1.14. The SMILES string of the molecule is C[S@](=O)c1nncn1Cc1csc(-c2ccsc2)n1. The van der Waals surface area contributed by atoms with E-state index in [1.807, 2.05) is 10.8 Å². The van der Waals surface area contributed by atoms with Gasteiger partial charge in [0.25, 0.3) is 0 Å². The molecule has 0 aliphatic rings. The summed E-state index contributed by atoms with van der Waals surface area (Å²) in [6.07, 6.45) is 3.18. The average Bonchev–Trinajstić information content (AvgIpc) is 3.09. The van der Waals surface area contributed by atoms with Gasteiger partial charge in [-0.15, -0.1) is 21.5 Å². The van der Waals surface area contributed by atoms with Crippen LogP contribution in [0.2, 0.25) is 0 Å². The topological polar surface area (TPSA) is 60.7 Å². The highest BCUT2D eigenvalue weighted by atomic mass is 32.2. The van der Waals surface area contributed by atoms with Crippen molar-refractivity contribution < 1.29 is 4.21 Å². The lowest BCUT2D eigenvalue weighted by Crippen LogP contribution is -2.05. The molecule has 0 aliphatic heterocycles. The third-order valence-electron chi connectivity index (χ3n) is 2.49. The van der Waals surface area contributed by atoms with Crippen molar-refractivity contribution in [2.24, 2.45) is 0 Å². The van der Waals surface area contributed by atoms with Crippen LogP contribution in [0, 0.1) is 0 Å². The van der Waals surface area contributed by atoms with Gasteiger partial charge in [-0.1, -0.05) is 0 Å². The van der Waals surface area contributed by atoms with Crippen LogP contribution in [0.1, 0.15) is 5.69 Å². The molecule has 0 amide bonds. The second kappa shape index (κ2) is 5.32. The van der Waals surface area contributed by atoms with Crippen molar-refractivity contribution in [3.63, 3.8) is 0 Å². The standard InChI is InChI=1S/C11H10N4OS3/c1-19(16)11-14-12-7-15(11)4-9-6-18-10(13-9)8-2-3-17-5-8/h2-3,5-7H,4H2,1H3/t19-/m0/s1. The molecule has 3 heterocycles. The Balaban J connectivity index is 1.84. The molecule has 0 aliphatic carbocycles. The van der Waals surface area contributed by atoms with Gasteiger partial charge in [0, 0.05) is 22.6 Å². The number of rotatable bonds is 4. The highest BCUT2D eigenvalue weighted by Crippen LogP contribution is 2.26. The van der Waals surface area contributed by atoms with E-state index in [9.17, 15) is 4.21 Å². The third-order valence-corrected chi connectivity index (χ3v) is 4.94. The summed E-state index contributed by atoms with van der Waals surface area (Å²) in [4.78, 5) is 4.58. The Morgan fingerprint density at radius 3 is 3.05 bits per heavy atom. The molecule has 98 valence electrons. The van der Waals surface area contributed by atoms with Crippen molar-refractivity contribution in [3.8, 4) is 10.6 Å². The highest BCUT2D eigenvalue weighted by Gasteiger charge is 2.11. The molecule has 0 unspecified atom stereocenters. The molecule has 3 aromatic heterocycles. The monoisotopic (exact) mass is 310 g/mol. The molecule has 5 nitrogen and oxygen atoms in total. The van der Waals surface area contributed by atoms with E-state index in [2.05, 4.69) is 26.6 Å². The Labute approximate surface area is 120 Å². The molecule has 0 radical (unpaired) electrons. The van der Waals surface area contributed by atoms with Crippen molar-refractivity contribution in [2.45, 2.75) is 11.7 Å². The van der Waals surface area contributed by atoms with Gasteiger partial charge in [-0.2, -0.15) is 11.3 Å². The fourth-order valence-corrected chi connectivity index (χ4v) is 3.78. The van der Waals surface area contributed by atoms with E-state index < -0.39 is 10.8 Å². The van der Waals surface area contributed by atoms with Crippen molar-refractivity contribution in [3.05, 3.63) is 34.2 Å². The first kappa shape index (κ1) is 12.6. The maximum absolute atomic E-state index is 11.5. The van der Waals surface area contributed by atoms with Crippen LogP contribution in [0.25, 0.3) is 10.6 Å². The molecule has 1 atom stereocenters. The fourth-order valence-electron chi connectivity index (χ4n) is 1.65. The van der Waals surface area contributed by atoms with Crippen LogP contribution >= 0.6 is 22.7 Å². The molecular weight excluding hydrogens is 300 g/mol. The van der Waals surface area contributed by atoms with Crippen LogP contribution in [-0.2, 0) is 17.3 Å². The van der Waals surface area contributed by atoms with E-state index in [4.69, 9.17) is 0 Å². The zero-order valence-corrected chi connectivity index (χ0v) is 12.5. The molecule has 0 saturated heterocycles. The minimum Gasteiger partial charge on any atom is -0.300 e. The van der Waals surface area contributed by atoms with Gasteiger partial charge >= 0.3 is 0 Å². The van der Waals surface area contributed by atoms with E-state index >= 15 is 0 Å². The van der Waals surface area contributed by atoms with Crippen LogP contribution in [0.15, 0.2) is 33.7 Å². The number of hydrogen-bond acceptors (Lipinski definition) is 6. The number of thiazole rings is 1. The molecule has 0 aromatic carbocycles. The fraction of sp³-hybridized carbons (Fsp3) is 0.182. The van der Waals surface area contributed by atoms with Gasteiger partial charge in [0.2, 0.25) is 5.16 Å². The van der Waals surface area contributed by atoms with E-state index in [0.717, 1.165) is 16.3 Å².